The fraction of sp³-hybridized carbons (Fsp3) is 0.250. The molecule has 0 aliphatic rings. The van der Waals surface area contributed by atoms with Crippen LogP contribution in [0.2, 0.25) is 0 Å². The Bertz CT molecular complexity index is 669. The lowest BCUT2D eigenvalue weighted by Gasteiger charge is -2.12. The van der Waals surface area contributed by atoms with Crippen molar-refractivity contribution in [1.82, 2.24) is 4.98 Å². The van der Waals surface area contributed by atoms with Crippen LogP contribution in [0.25, 0.3) is 0 Å². The molecule has 1 aromatic carbocycles. The summed E-state index contributed by atoms with van der Waals surface area (Å²) in [6.45, 7) is 5.95. The summed E-state index contributed by atoms with van der Waals surface area (Å²) in [5.41, 5.74) is 8.37. The number of hydrogen-bond donors (Lipinski definition) is 1. The highest BCUT2D eigenvalue weighted by molar-refractivity contribution is 5.92. The monoisotopic (exact) mass is 286 g/mol. The first kappa shape index (κ1) is 14.8. The molecular formula is C16H18N2O3. The molecule has 0 spiro atoms. The summed E-state index contributed by atoms with van der Waals surface area (Å²) in [4.78, 5) is 16.1. The first-order valence-corrected chi connectivity index (χ1v) is 6.69. The number of rotatable bonds is 4. The van der Waals surface area contributed by atoms with Crippen LogP contribution in [0.5, 0.6) is 11.6 Å². The SMILES string of the molecule is CCOC(=O)c1cc(N)cnc1Oc1cccc(C)c1C. The maximum absolute atomic E-state index is 12.0. The van der Waals surface area contributed by atoms with E-state index < -0.39 is 5.97 Å². The first-order valence-electron chi connectivity index (χ1n) is 6.69. The molecule has 5 nitrogen and oxygen atoms in total. The Morgan fingerprint density at radius 3 is 2.81 bits per heavy atom. The molecule has 0 amide bonds. The number of nitrogens with two attached hydrogens (primary N) is 1. The van der Waals surface area contributed by atoms with Gasteiger partial charge in [0, 0.05) is 0 Å². The van der Waals surface area contributed by atoms with E-state index in [1.165, 1.54) is 12.3 Å². The highest BCUT2D eigenvalue weighted by Crippen LogP contribution is 2.29. The van der Waals surface area contributed by atoms with E-state index in [0.29, 0.717) is 11.4 Å². The van der Waals surface area contributed by atoms with Crippen LogP contribution in [0.3, 0.4) is 0 Å². The molecule has 0 unspecified atom stereocenters. The third kappa shape index (κ3) is 3.31. The molecule has 0 radical (unpaired) electrons. The normalized spacial score (nSPS) is 10.2. The molecule has 5 heteroatoms. The summed E-state index contributed by atoms with van der Waals surface area (Å²) < 4.78 is 10.8. The number of nitrogens with zero attached hydrogens (tertiary/aromatic N) is 1. The van der Waals surface area contributed by atoms with Gasteiger partial charge in [0.2, 0.25) is 5.88 Å². The minimum Gasteiger partial charge on any atom is -0.462 e. The topological polar surface area (TPSA) is 74.4 Å². The molecule has 0 saturated carbocycles. The molecule has 0 aliphatic carbocycles. The van der Waals surface area contributed by atoms with Crippen molar-refractivity contribution in [3.8, 4) is 11.6 Å². The minimum atomic E-state index is -0.502. The summed E-state index contributed by atoms with van der Waals surface area (Å²) >= 11 is 0. The first-order chi connectivity index (χ1) is 10.0. The zero-order chi connectivity index (χ0) is 15.4. The number of carbonyl (C=O) groups is 1. The van der Waals surface area contributed by atoms with Crippen LogP contribution in [0, 0.1) is 13.8 Å². The molecule has 1 heterocycles. The predicted molar refractivity (Wildman–Crippen MR) is 80.6 cm³/mol. The van der Waals surface area contributed by atoms with Crippen LogP contribution in [0.15, 0.2) is 30.5 Å². The van der Waals surface area contributed by atoms with Crippen molar-refractivity contribution in [3.05, 3.63) is 47.2 Å². The molecule has 2 N–H and O–H groups in total. The molecular weight excluding hydrogens is 268 g/mol. The van der Waals surface area contributed by atoms with Gasteiger partial charge in [-0.15, -0.1) is 0 Å². The van der Waals surface area contributed by atoms with Gasteiger partial charge in [-0.2, -0.15) is 0 Å². The predicted octanol–water partition coefficient (Wildman–Crippen LogP) is 3.25. The van der Waals surface area contributed by atoms with Gasteiger partial charge < -0.3 is 15.2 Å². The van der Waals surface area contributed by atoms with E-state index in [-0.39, 0.29) is 18.1 Å². The number of pyridine rings is 1. The number of ether oxygens (including phenoxy) is 2. The Kier molecular flexibility index (Phi) is 4.42. The molecule has 0 fully saturated rings. The molecule has 2 rings (SSSR count). The summed E-state index contributed by atoms with van der Waals surface area (Å²) in [5.74, 6) is 0.340. The van der Waals surface area contributed by atoms with E-state index in [1.807, 2.05) is 32.0 Å². The second-order valence-electron chi connectivity index (χ2n) is 4.64. The van der Waals surface area contributed by atoms with Crippen molar-refractivity contribution in [2.24, 2.45) is 0 Å². The van der Waals surface area contributed by atoms with E-state index in [0.717, 1.165) is 11.1 Å². The van der Waals surface area contributed by atoms with Gasteiger partial charge in [0.15, 0.2) is 0 Å². The molecule has 0 aliphatic heterocycles. The fourth-order valence-corrected chi connectivity index (χ4v) is 1.84. The molecule has 0 atom stereocenters. The maximum atomic E-state index is 12.0. The second kappa shape index (κ2) is 6.26. The molecule has 1 aromatic heterocycles. The number of nitrogen functional groups attached to an aromatic ring is 1. The summed E-state index contributed by atoms with van der Waals surface area (Å²) in [6.07, 6.45) is 1.45. The number of anilines is 1. The van der Waals surface area contributed by atoms with Gasteiger partial charge >= 0.3 is 5.97 Å². The van der Waals surface area contributed by atoms with Crippen molar-refractivity contribution in [1.29, 1.82) is 0 Å². The zero-order valence-corrected chi connectivity index (χ0v) is 12.3. The number of carbonyl (C=O) groups excluding carboxylic acids is 1. The third-order valence-electron chi connectivity index (χ3n) is 3.13. The largest absolute Gasteiger partial charge is 0.462 e. The number of esters is 1. The third-order valence-corrected chi connectivity index (χ3v) is 3.13. The summed E-state index contributed by atoms with van der Waals surface area (Å²) in [7, 11) is 0. The number of benzene rings is 1. The van der Waals surface area contributed by atoms with Gasteiger partial charge in [0.05, 0.1) is 18.5 Å². The fourth-order valence-electron chi connectivity index (χ4n) is 1.84. The van der Waals surface area contributed by atoms with Crippen LogP contribution in [-0.4, -0.2) is 17.6 Å². The van der Waals surface area contributed by atoms with Gasteiger partial charge in [-0.25, -0.2) is 9.78 Å². The van der Waals surface area contributed by atoms with Crippen molar-refractivity contribution >= 4 is 11.7 Å². The Morgan fingerprint density at radius 1 is 1.33 bits per heavy atom. The van der Waals surface area contributed by atoms with E-state index in [4.69, 9.17) is 15.2 Å². The summed E-state index contributed by atoms with van der Waals surface area (Å²) in [6, 6.07) is 7.21. The minimum absolute atomic E-state index is 0.191. The Hall–Kier alpha value is -2.56. The zero-order valence-electron chi connectivity index (χ0n) is 12.3. The molecule has 110 valence electrons. The van der Waals surface area contributed by atoms with E-state index >= 15 is 0 Å². The van der Waals surface area contributed by atoms with Gasteiger partial charge in [0.25, 0.3) is 0 Å². The number of hydrogen-bond acceptors (Lipinski definition) is 5. The molecule has 0 bridgehead atoms. The van der Waals surface area contributed by atoms with Gasteiger partial charge in [-0.1, -0.05) is 12.1 Å². The Balaban J connectivity index is 2.40. The van der Waals surface area contributed by atoms with Gasteiger partial charge in [-0.3, -0.25) is 0 Å². The number of aryl methyl sites for hydroxylation is 1. The second-order valence-corrected chi connectivity index (χ2v) is 4.64. The van der Waals surface area contributed by atoms with E-state index in [9.17, 15) is 4.79 Å². The Morgan fingerprint density at radius 2 is 2.10 bits per heavy atom. The maximum Gasteiger partial charge on any atom is 0.343 e. The lowest BCUT2D eigenvalue weighted by molar-refractivity contribution is 0.0522. The molecule has 0 saturated heterocycles. The Labute approximate surface area is 123 Å². The van der Waals surface area contributed by atoms with Crippen molar-refractivity contribution in [2.45, 2.75) is 20.8 Å². The van der Waals surface area contributed by atoms with Crippen molar-refractivity contribution < 1.29 is 14.3 Å². The van der Waals surface area contributed by atoms with Crippen molar-refractivity contribution in [2.75, 3.05) is 12.3 Å². The number of aromatic nitrogens is 1. The molecule has 21 heavy (non-hydrogen) atoms. The van der Waals surface area contributed by atoms with Crippen molar-refractivity contribution in [3.63, 3.8) is 0 Å². The van der Waals surface area contributed by atoms with Crippen LogP contribution < -0.4 is 10.5 Å². The quantitative estimate of drug-likeness (QED) is 0.873. The van der Waals surface area contributed by atoms with Gasteiger partial charge in [0.1, 0.15) is 11.3 Å². The van der Waals surface area contributed by atoms with E-state index in [2.05, 4.69) is 4.98 Å². The average Bonchev–Trinajstić information content (AvgIpc) is 2.46. The van der Waals surface area contributed by atoms with E-state index in [1.54, 1.807) is 6.92 Å². The standard InChI is InChI=1S/C16H18N2O3/c1-4-20-16(19)13-8-12(17)9-18-15(13)21-14-7-5-6-10(2)11(14)3/h5-9H,4,17H2,1-3H3. The highest BCUT2D eigenvalue weighted by Gasteiger charge is 2.17. The lowest BCUT2D eigenvalue weighted by atomic mass is 10.1. The van der Waals surface area contributed by atoms with Crippen LogP contribution in [0.4, 0.5) is 5.69 Å². The van der Waals surface area contributed by atoms with Crippen LogP contribution in [-0.2, 0) is 4.74 Å². The lowest BCUT2D eigenvalue weighted by Crippen LogP contribution is -2.08. The highest BCUT2D eigenvalue weighted by atomic mass is 16.5. The van der Waals surface area contributed by atoms with Gasteiger partial charge in [-0.05, 0) is 44.0 Å². The summed E-state index contributed by atoms with van der Waals surface area (Å²) in [5, 5.41) is 0. The smallest absolute Gasteiger partial charge is 0.343 e. The average molecular weight is 286 g/mol. The van der Waals surface area contributed by atoms with Crippen LogP contribution in [0.1, 0.15) is 28.4 Å². The molecule has 2 aromatic rings. The van der Waals surface area contributed by atoms with Crippen LogP contribution >= 0.6 is 0 Å².